The fraction of sp³-hybridized carbons (Fsp3) is 0.412. The van der Waals surface area contributed by atoms with Crippen molar-refractivity contribution >= 4 is 0 Å². The predicted molar refractivity (Wildman–Crippen MR) is 81.1 cm³/mol. The molecule has 0 aliphatic heterocycles. The minimum Gasteiger partial charge on any atom is -0.497 e. The van der Waals surface area contributed by atoms with Gasteiger partial charge < -0.3 is 9.47 Å². The van der Waals surface area contributed by atoms with Crippen molar-refractivity contribution in [3.05, 3.63) is 47.6 Å². The van der Waals surface area contributed by atoms with Gasteiger partial charge in [-0.15, -0.1) is 0 Å². The predicted octanol–water partition coefficient (Wildman–Crippen LogP) is 4.72. The normalized spacial score (nSPS) is 13.6. The van der Waals surface area contributed by atoms with Gasteiger partial charge in [-0.05, 0) is 26.3 Å². The van der Waals surface area contributed by atoms with Gasteiger partial charge in [0, 0.05) is 17.5 Å². The summed E-state index contributed by atoms with van der Waals surface area (Å²) < 4.78 is 10.7. The topological polar surface area (TPSA) is 18.5 Å². The molecule has 2 heteroatoms. The second-order valence-electron chi connectivity index (χ2n) is 4.51. The molecule has 19 heavy (non-hydrogen) atoms. The summed E-state index contributed by atoms with van der Waals surface area (Å²) in [6.07, 6.45) is 7.33. The van der Waals surface area contributed by atoms with Crippen LogP contribution in [0.15, 0.2) is 42.0 Å². The van der Waals surface area contributed by atoms with E-state index in [1.165, 1.54) is 11.1 Å². The van der Waals surface area contributed by atoms with E-state index in [9.17, 15) is 0 Å². The average molecular weight is 260 g/mol. The Bertz CT molecular complexity index is 458. The molecule has 0 aromatic heterocycles. The minimum atomic E-state index is 0.372. The van der Waals surface area contributed by atoms with Crippen molar-refractivity contribution < 1.29 is 9.47 Å². The van der Waals surface area contributed by atoms with Crippen molar-refractivity contribution in [1.29, 1.82) is 0 Å². The Labute approximate surface area is 116 Å². The van der Waals surface area contributed by atoms with Crippen LogP contribution in [0.1, 0.15) is 38.7 Å². The highest BCUT2D eigenvalue weighted by molar-refractivity contribution is 5.45. The van der Waals surface area contributed by atoms with Crippen LogP contribution >= 0.6 is 0 Å². The van der Waals surface area contributed by atoms with Gasteiger partial charge in [0.25, 0.3) is 0 Å². The average Bonchev–Trinajstić information content (AvgIpc) is 2.46. The summed E-state index contributed by atoms with van der Waals surface area (Å²) in [5.74, 6) is 2.09. The smallest absolute Gasteiger partial charge is 0.126 e. The molecular weight excluding hydrogens is 236 g/mol. The van der Waals surface area contributed by atoms with Gasteiger partial charge in [0.1, 0.15) is 11.5 Å². The summed E-state index contributed by atoms with van der Waals surface area (Å²) in [6.45, 7) is 6.39. The van der Waals surface area contributed by atoms with Gasteiger partial charge >= 0.3 is 0 Å². The number of hydrogen-bond donors (Lipinski definition) is 0. The van der Waals surface area contributed by atoms with Crippen LogP contribution in [0.25, 0.3) is 0 Å². The lowest BCUT2D eigenvalue weighted by molar-refractivity contribution is 0.389. The Morgan fingerprint density at radius 2 is 2.00 bits per heavy atom. The van der Waals surface area contributed by atoms with E-state index in [2.05, 4.69) is 32.1 Å². The highest BCUT2D eigenvalue weighted by Gasteiger charge is 2.16. The molecule has 0 aliphatic rings. The molecule has 1 aromatic carbocycles. The first kappa shape index (κ1) is 15.4. The Kier molecular flexibility index (Phi) is 6.20. The molecule has 2 nitrogen and oxygen atoms in total. The Morgan fingerprint density at radius 1 is 1.26 bits per heavy atom. The number of methoxy groups -OCH3 is 2. The van der Waals surface area contributed by atoms with Crippen LogP contribution < -0.4 is 9.47 Å². The first-order valence-electron chi connectivity index (χ1n) is 6.69. The summed E-state index contributed by atoms with van der Waals surface area (Å²) in [5.41, 5.74) is 2.55. The van der Waals surface area contributed by atoms with E-state index in [-0.39, 0.29) is 0 Å². The fourth-order valence-electron chi connectivity index (χ4n) is 2.26. The van der Waals surface area contributed by atoms with E-state index in [4.69, 9.17) is 9.47 Å². The van der Waals surface area contributed by atoms with Gasteiger partial charge in [-0.25, -0.2) is 0 Å². The van der Waals surface area contributed by atoms with Crippen LogP contribution in [0.4, 0.5) is 0 Å². The molecule has 1 atom stereocenters. The van der Waals surface area contributed by atoms with Crippen molar-refractivity contribution in [1.82, 2.24) is 0 Å². The Balaban J connectivity index is 3.17. The second-order valence-corrected chi connectivity index (χ2v) is 4.51. The molecule has 0 aliphatic carbocycles. The van der Waals surface area contributed by atoms with Gasteiger partial charge in [-0.3, -0.25) is 0 Å². The van der Waals surface area contributed by atoms with Crippen molar-refractivity contribution in [3.63, 3.8) is 0 Å². The first-order valence-corrected chi connectivity index (χ1v) is 6.69. The van der Waals surface area contributed by atoms with E-state index >= 15 is 0 Å². The molecule has 0 bridgehead atoms. The number of hydrogen-bond acceptors (Lipinski definition) is 2. The van der Waals surface area contributed by atoms with Crippen LogP contribution in [0.3, 0.4) is 0 Å². The molecule has 0 radical (unpaired) electrons. The van der Waals surface area contributed by atoms with Gasteiger partial charge in [-0.1, -0.05) is 36.8 Å². The molecule has 0 saturated heterocycles. The largest absolute Gasteiger partial charge is 0.497 e. The standard InChI is InChI=1S/C17H24O2/c1-6-8-9-13(3)15(7-2)16-11-10-14(18-4)12-17(16)19-5/h6,8-12,15H,7H2,1-5H3/b8-6-,13-9+. The second kappa shape index (κ2) is 7.67. The maximum absolute atomic E-state index is 5.50. The fourth-order valence-corrected chi connectivity index (χ4v) is 2.26. The molecule has 1 unspecified atom stereocenters. The van der Waals surface area contributed by atoms with Gasteiger partial charge in [0.15, 0.2) is 0 Å². The summed E-state index contributed by atoms with van der Waals surface area (Å²) in [6, 6.07) is 6.03. The summed E-state index contributed by atoms with van der Waals surface area (Å²) in [5, 5.41) is 0. The molecule has 1 rings (SSSR count). The summed E-state index contributed by atoms with van der Waals surface area (Å²) >= 11 is 0. The van der Waals surface area contributed by atoms with Crippen molar-refractivity contribution in [2.24, 2.45) is 0 Å². The van der Waals surface area contributed by atoms with Crippen molar-refractivity contribution in [3.8, 4) is 11.5 Å². The van der Waals surface area contributed by atoms with Crippen molar-refractivity contribution in [2.45, 2.75) is 33.1 Å². The molecule has 0 fully saturated rings. The lowest BCUT2D eigenvalue weighted by Crippen LogP contribution is -2.02. The Morgan fingerprint density at radius 3 is 2.53 bits per heavy atom. The van der Waals surface area contributed by atoms with Crippen LogP contribution in [-0.2, 0) is 0 Å². The molecule has 0 N–H and O–H groups in total. The zero-order valence-corrected chi connectivity index (χ0v) is 12.6. The first-order chi connectivity index (χ1) is 9.17. The number of ether oxygens (including phenoxy) is 2. The molecule has 1 aromatic rings. The van der Waals surface area contributed by atoms with E-state index in [1.54, 1.807) is 14.2 Å². The summed E-state index contributed by atoms with van der Waals surface area (Å²) in [7, 11) is 3.37. The monoisotopic (exact) mass is 260 g/mol. The minimum absolute atomic E-state index is 0.372. The van der Waals surface area contributed by atoms with Gasteiger partial charge in [0.05, 0.1) is 14.2 Å². The van der Waals surface area contributed by atoms with Gasteiger partial charge in [-0.2, -0.15) is 0 Å². The molecular formula is C17H24O2. The van der Waals surface area contributed by atoms with E-state index in [1.807, 2.05) is 25.1 Å². The lowest BCUT2D eigenvalue weighted by atomic mass is 9.88. The zero-order valence-electron chi connectivity index (χ0n) is 12.6. The SMILES string of the molecule is C/C=C\C=C(/C)C(CC)c1ccc(OC)cc1OC. The number of rotatable bonds is 6. The number of benzene rings is 1. The molecule has 0 saturated carbocycles. The lowest BCUT2D eigenvalue weighted by Gasteiger charge is -2.19. The van der Waals surface area contributed by atoms with Crippen molar-refractivity contribution in [2.75, 3.05) is 14.2 Å². The third kappa shape index (κ3) is 3.88. The van der Waals surface area contributed by atoms with E-state index in [0.29, 0.717) is 5.92 Å². The van der Waals surface area contributed by atoms with E-state index < -0.39 is 0 Å². The third-order valence-corrected chi connectivity index (χ3v) is 3.33. The quantitative estimate of drug-likeness (QED) is 0.689. The van der Waals surface area contributed by atoms with E-state index in [0.717, 1.165) is 17.9 Å². The maximum atomic E-state index is 5.50. The molecule has 0 spiro atoms. The highest BCUT2D eigenvalue weighted by atomic mass is 16.5. The third-order valence-electron chi connectivity index (χ3n) is 3.33. The summed E-state index contributed by atoms with van der Waals surface area (Å²) in [4.78, 5) is 0. The number of allylic oxidation sites excluding steroid dienone is 4. The molecule has 0 heterocycles. The highest BCUT2D eigenvalue weighted by Crippen LogP contribution is 2.36. The van der Waals surface area contributed by atoms with Crippen LogP contribution in [0.5, 0.6) is 11.5 Å². The molecule has 0 amide bonds. The molecule has 104 valence electrons. The Hall–Kier alpha value is -1.70. The zero-order chi connectivity index (χ0) is 14.3. The van der Waals surface area contributed by atoms with Gasteiger partial charge in [0.2, 0.25) is 0 Å². The van der Waals surface area contributed by atoms with Crippen LogP contribution in [0.2, 0.25) is 0 Å². The maximum Gasteiger partial charge on any atom is 0.126 e. The van der Waals surface area contributed by atoms with Crippen LogP contribution in [0, 0.1) is 0 Å². The van der Waals surface area contributed by atoms with Crippen LogP contribution in [-0.4, -0.2) is 14.2 Å².